The molecule has 0 spiro atoms. The maximum Gasteiger partial charge on any atom is 0.471 e. The van der Waals surface area contributed by atoms with Crippen LogP contribution in [0.5, 0.6) is 0 Å². The van der Waals surface area contributed by atoms with Gasteiger partial charge in [-0.25, -0.2) is 4.79 Å². The van der Waals surface area contributed by atoms with Gasteiger partial charge in [0, 0.05) is 57.5 Å². The molecular weight excluding hydrogens is 632 g/mol. The molecule has 4 N–H and O–H groups in total. The lowest BCUT2D eigenvalue weighted by Gasteiger charge is -2.33. The van der Waals surface area contributed by atoms with Crippen LogP contribution in [0, 0.1) is 11.3 Å². The van der Waals surface area contributed by atoms with Crippen LogP contribution in [0.3, 0.4) is 0 Å². The Morgan fingerprint density at radius 1 is 1.20 bits per heavy atom. The normalized spacial score (nSPS) is 19.0. The van der Waals surface area contributed by atoms with Crippen molar-refractivity contribution in [1.82, 2.24) is 24.9 Å². The number of aromatic nitrogens is 2. The van der Waals surface area contributed by atoms with Gasteiger partial charge in [-0.1, -0.05) is 26.7 Å². The number of ether oxygens (including phenoxy) is 1. The average molecular weight is 677 g/mol. The van der Waals surface area contributed by atoms with Crippen molar-refractivity contribution in [2.45, 2.75) is 89.8 Å². The minimum atomic E-state index is -4.90. The van der Waals surface area contributed by atoms with E-state index < -0.39 is 56.0 Å². The molecule has 1 fully saturated rings. The zero-order valence-electron chi connectivity index (χ0n) is 26.2. The van der Waals surface area contributed by atoms with E-state index in [1.165, 1.54) is 16.8 Å². The molecule has 13 nitrogen and oxygen atoms in total. The molecule has 258 valence electrons. The Hall–Kier alpha value is -3.09. The first-order valence-corrected chi connectivity index (χ1v) is 16.8. The van der Waals surface area contributed by atoms with Gasteiger partial charge in [0.15, 0.2) is 0 Å². The van der Waals surface area contributed by atoms with Crippen molar-refractivity contribution in [2.24, 2.45) is 0 Å². The van der Waals surface area contributed by atoms with Gasteiger partial charge in [0.1, 0.15) is 20.6 Å². The maximum atomic E-state index is 12.7. The maximum absolute atomic E-state index is 12.7. The van der Waals surface area contributed by atoms with E-state index in [4.69, 9.17) is 9.26 Å². The number of nitrogens with zero attached hydrogens (tertiary/aromatic N) is 3. The van der Waals surface area contributed by atoms with Crippen LogP contribution in [-0.4, -0.2) is 88.5 Å². The molecule has 2 heterocycles. The second-order valence-electron chi connectivity index (χ2n) is 10.7. The minimum Gasteiger partial charge on any atom is -0.394 e. The molecule has 1 saturated heterocycles. The van der Waals surface area contributed by atoms with E-state index in [0.717, 1.165) is 32.0 Å². The summed E-state index contributed by atoms with van der Waals surface area (Å²) >= 11 is 0. The number of alkyl halides is 3. The lowest BCUT2D eigenvalue weighted by atomic mass is 10.2. The van der Waals surface area contributed by atoms with Gasteiger partial charge in [0.25, 0.3) is 5.56 Å². The van der Waals surface area contributed by atoms with Crippen LogP contribution in [0.4, 0.5) is 13.2 Å². The Kier molecular flexibility index (Phi) is 17.2. The van der Waals surface area contributed by atoms with Crippen molar-refractivity contribution in [1.29, 1.82) is 5.26 Å². The molecule has 0 radical (unpaired) electrons. The van der Waals surface area contributed by atoms with Gasteiger partial charge in [-0.3, -0.25) is 28.6 Å². The van der Waals surface area contributed by atoms with E-state index >= 15 is 0 Å². The lowest BCUT2D eigenvalue weighted by Crippen LogP contribution is -2.37. The second-order valence-corrected chi connectivity index (χ2v) is 12.6. The van der Waals surface area contributed by atoms with E-state index in [-0.39, 0.29) is 25.1 Å². The van der Waals surface area contributed by atoms with E-state index in [0.29, 0.717) is 44.8 Å². The molecule has 0 aliphatic carbocycles. The number of hydrogen-bond acceptors (Lipinski definition) is 9. The molecule has 2 amide bonds. The number of carbonyl (C=O) groups excluding carboxylic acids is 2. The number of aliphatic hydroxyl groups is 1. The van der Waals surface area contributed by atoms with Crippen LogP contribution in [-0.2, 0) is 18.8 Å². The van der Waals surface area contributed by atoms with Crippen molar-refractivity contribution < 1.29 is 37.1 Å². The zero-order valence-corrected chi connectivity index (χ0v) is 27.1. The number of rotatable bonds is 20. The fourth-order valence-electron chi connectivity index (χ4n) is 4.74. The zero-order chi connectivity index (χ0) is 34.1. The summed E-state index contributed by atoms with van der Waals surface area (Å²) in [5.41, 5.74) is -1.41. The van der Waals surface area contributed by atoms with Gasteiger partial charge < -0.3 is 25.0 Å². The van der Waals surface area contributed by atoms with Crippen molar-refractivity contribution in [3.05, 3.63) is 38.7 Å². The fraction of sp³-hybridized carbons (Fsp3) is 0.690. The summed E-state index contributed by atoms with van der Waals surface area (Å²) in [5.74, 6) is -2.46. The Labute approximate surface area is 267 Å². The molecular formula is C29H44F3N6O7P. The summed E-state index contributed by atoms with van der Waals surface area (Å²) in [6.45, 7) is 5.55. The smallest absolute Gasteiger partial charge is 0.394 e. The molecule has 17 heteroatoms. The van der Waals surface area contributed by atoms with Crippen LogP contribution < -0.4 is 21.9 Å². The Bertz CT molecular complexity index is 1290. The number of H-pyrrole nitrogens is 1. The third-order valence-corrected chi connectivity index (χ3v) is 9.13. The van der Waals surface area contributed by atoms with Gasteiger partial charge >= 0.3 is 17.8 Å². The molecule has 0 aromatic carbocycles. The first-order chi connectivity index (χ1) is 21.9. The van der Waals surface area contributed by atoms with Crippen molar-refractivity contribution in [2.75, 3.05) is 38.9 Å². The Morgan fingerprint density at radius 3 is 2.43 bits per heavy atom. The predicted octanol–water partition coefficient (Wildman–Crippen LogP) is 2.92. The number of halogens is 3. The van der Waals surface area contributed by atoms with E-state index in [1.807, 2.05) is 0 Å². The summed E-state index contributed by atoms with van der Waals surface area (Å²) in [6.07, 6.45) is 1.60. The molecule has 1 aliphatic heterocycles. The number of nitriles is 1. The van der Waals surface area contributed by atoms with E-state index in [9.17, 15) is 42.7 Å². The Morgan fingerprint density at radius 2 is 1.85 bits per heavy atom. The molecule has 0 saturated carbocycles. The number of amides is 2. The number of hydrogen-bond donors (Lipinski definition) is 4. The first-order valence-electron chi connectivity index (χ1n) is 15.4. The molecule has 2 rings (SSSR count). The summed E-state index contributed by atoms with van der Waals surface area (Å²) in [5, 5.41) is 23.6. The quantitative estimate of drug-likeness (QED) is 0.0918. The molecule has 1 aliphatic rings. The molecule has 2 unspecified atom stereocenters. The highest BCUT2D eigenvalue weighted by Crippen LogP contribution is 2.47. The average Bonchev–Trinajstić information content (AvgIpc) is 3.41. The lowest BCUT2D eigenvalue weighted by molar-refractivity contribution is -0.173. The van der Waals surface area contributed by atoms with Gasteiger partial charge in [-0.2, -0.15) is 18.4 Å². The van der Waals surface area contributed by atoms with E-state index in [1.54, 1.807) is 5.32 Å². The first kappa shape index (κ1) is 39.1. The van der Waals surface area contributed by atoms with Gasteiger partial charge in [-0.15, -0.1) is 0 Å². The monoisotopic (exact) mass is 676 g/mol. The molecule has 1 aromatic heterocycles. The number of nitrogens with one attached hydrogen (secondary N) is 3. The highest BCUT2D eigenvalue weighted by Gasteiger charge is 2.40. The highest BCUT2D eigenvalue weighted by molar-refractivity contribution is 7.50. The SMILES string of the molecule is CCCN(CCC)P(CCC#N)O[C@@H]1C[C@H](n2cc(/C=C/C(=O)NCCCCCCNC(=O)C(F)(F)F)c(=O)[nH]c2=O)OC1CO. The number of unbranched alkanes of at least 4 members (excludes halogenated alkanes) is 3. The van der Waals surface area contributed by atoms with Crippen LogP contribution in [0.15, 0.2) is 21.9 Å². The summed E-state index contributed by atoms with van der Waals surface area (Å²) in [6, 6.07) is 2.17. The topological polar surface area (TPSA) is 179 Å². The van der Waals surface area contributed by atoms with Gasteiger partial charge in [-0.05, 0) is 31.8 Å². The number of aliphatic hydroxyl groups excluding tert-OH is 1. The number of carbonyl (C=O) groups is 2. The van der Waals surface area contributed by atoms with Crippen LogP contribution in [0.1, 0.15) is 77.0 Å². The third-order valence-electron chi connectivity index (χ3n) is 6.98. The van der Waals surface area contributed by atoms with Gasteiger partial charge in [0.05, 0.1) is 24.3 Å². The second kappa shape index (κ2) is 20.2. The standard InChI is InChI=1S/C29H44F3N6O7P/c1-3-15-37(16-4-2)46(17-9-12-33)45-22-18-25(44-23(22)20-39)38-19-21(26(41)36-28(38)43)10-11-24(40)34-13-7-5-6-8-14-35-27(42)29(30,31)32/h10-11,19,22-23,25,39H,3-9,13-18,20H2,1-2H3,(H,34,40)(H,35,42)(H,36,41,43)/b11-10+/t22-,23?,25-,46?/m1/s1. The van der Waals surface area contributed by atoms with Crippen LogP contribution in [0.25, 0.3) is 6.08 Å². The van der Waals surface area contributed by atoms with Crippen molar-refractivity contribution in [3.8, 4) is 6.07 Å². The summed E-state index contributed by atoms with van der Waals surface area (Å²) in [7, 11) is -1.16. The van der Waals surface area contributed by atoms with Crippen LogP contribution in [0.2, 0.25) is 0 Å². The van der Waals surface area contributed by atoms with Gasteiger partial charge in [0.2, 0.25) is 5.91 Å². The minimum absolute atomic E-state index is 0.0255. The molecule has 46 heavy (non-hydrogen) atoms. The summed E-state index contributed by atoms with van der Waals surface area (Å²) in [4.78, 5) is 50.4. The fourth-order valence-corrected chi connectivity index (χ4v) is 6.93. The number of aromatic amines is 1. The predicted molar refractivity (Wildman–Crippen MR) is 166 cm³/mol. The molecule has 0 bridgehead atoms. The highest BCUT2D eigenvalue weighted by atomic mass is 31.2. The van der Waals surface area contributed by atoms with Crippen molar-refractivity contribution in [3.63, 3.8) is 0 Å². The van der Waals surface area contributed by atoms with Crippen LogP contribution >= 0.6 is 8.30 Å². The molecule has 4 atom stereocenters. The van der Waals surface area contributed by atoms with E-state index in [2.05, 4.69) is 34.9 Å². The van der Waals surface area contributed by atoms with Crippen molar-refractivity contribution >= 4 is 26.2 Å². The Balaban J connectivity index is 1.97. The largest absolute Gasteiger partial charge is 0.471 e. The summed E-state index contributed by atoms with van der Waals surface area (Å²) < 4.78 is 52.3. The third kappa shape index (κ3) is 13.0. The molecule has 1 aromatic rings.